The van der Waals surface area contributed by atoms with Crippen LogP contribution in [0, 0.1) is 6.92 Å². The number of H-pyrrole nitrogens is 1. The summed E-state index contributed by atoms with van der Waals surface area (Å²) in [6.07, 6.45) is 4.09. The molecule has 2 heterocycles. The molecule has 3 aromatic rings. The van der Waals surface area contributed by atoms with Gasteiger partial charge in [0.15, 0.2) is 0 Å². The molecule has 0 aliphatic carbocycles. The quantitative estimate of drug-likeness (QED) is 0.523. The Balaban J connectivity index is 1.41. The van der Waals surface area contributed by atoms with Crippen molar-refractivity contribution in [3.8, 4) is 0 Å². The summed E-state index contributed by atoms with van der Waals surface area (Å²) in [5.41, 5.74) is 4.78. The van der Waals surface area contributed by atoms with Gasteiger partial charge in [0.1, 0.15) is 0 Å². The average Bonchev–Trinajstić information content (AvgIpc) is 3.18. The molecule has 0 radical (unpaired) electrons. The molecule has 0 amide bonds. The second kappa shape index (κ2) is 8.86. The zero-order chi connectivity index (χ0) is 22.0. The number of hydrogen-bond acceptors (Lipinski definition) is 5. The third kappa shape index (κ3) is 5.17. The van der Waals surface area contributed by atoms with E-state index in [1.807, 2.05) is 31.3 Å². The van der Waals surface area contributed by atoms with Crippen LogP contribution in [0.2, 0.25) is 0 Å². The molecule has 2 aromatic carbocycles. The third-order valence-corrected chi connectivity index (χ3v) is 7.18. The van der Waals surface area contributed by atoms with Crippen LogP contribution in [0.1, 0.15) is 24.0 Å². The molecular formula is C22H30N6O2S. The molecule has 1 fully saturated rings. The number of nitrogens with zero attached hydrogens (tertiary/aromatic N) is 3. The van der Waals surface area contributed by atoms with Gasteiger partial charge in [-0.1, -0.05) is 12.1 Å². The van der Waals surface area contributed by atoms with Crippen molar-refractivity contribution in [3.63, 3.8) is 0 Å². The normalized spacial score (nSPS) is 17.9. The molecule has 1 aliphatic rings. The van der Waals surface area contributed by atoms with Gasteiger partial charge >= 0.3 is 10.2 Å². The first kappa shape index (κ1) is 21.6. The van der Waals surface area contributed by atoms with Gasteiger partial charge in [0.05, 0.1) is 17.4 Å². The lowest BCUT2D eigenvalue weighted by atomic mass is 10.0. The molecule has 0 bridgehead atoms. The molecule has 3 N–H and O–H groups in total. The standard InChI is InChI=1S/C22H30N6O2S/c1-16-6-7-17(11-22(16)26-31(29,30)27(2)3)14-28-10-4-5-20(15-28)24-19-8-9-21-18(12-19)13-23-25-21/h6-9,11-13,20,24,26H,4-5,10,14-15H2,1-3H3,(H,23,25). The minimum Gasteiger partial charge on any atom is -0.381 e. The zero-order valence-electron chi connectivity index (χ0n) is 18.2. The van der Waals surface area contributed by atoms with Crippen molar-refractivity contribution in [3.05, 3.63) is 53.7 Å². The van der Waals surface area contributed by atoms with Crippen LogP contribution in [-0.2, 0) is 16.8 Å². The Morgan fingerprint density at radius 1 is 1.23 bits per heavy atom. The number of benzene rings is 2. The second-order valence-electron chi connectivity index (χ2n) is 8.43. The molecule has 31 heavy (non-hydrogen) atoms. The number of aromatic amines is 1. The van der Waals surface area contributed by atoms with Crippen LogP contribution in [0.5, 0.6) is 0 Å². The fourth-order valence-electron chi connectivity index (χ4n) is 3.95. The van der Waals surface area contributed by atoms with Crippen LogP contribution in [0.25, 0.3) is 10.9 Å². The lowest BCUT2D eigenvalue weighted by Gasteiger charge is -2.34. The number of piperidine rings is 1. The molecule has 9 heteroatoms. The number of anilines is 2. The van der Waals surface area contributed by atoms with Crippen LogP contribution < -0.4 is 10.0 Å². The number of likely N-dealkylation sites (tertiary alicyclic amines) is 1. The van der Waals surface area contributed by atoms with Gasteiger partial charge in [-0.05, 0) is 61.7 Å². The van der Waals surface area contributed by atoms with Gasteiger partial charge in [-0.25, -0.2) is 0 Å². The first-order valence-corrected chi connectivity index (χ1v) is 12.0. The molecule has 1 atom stereocenters. The fourth-order valence-corrected chi connectivity index (χ4v) is 4.63. The molecule has 4 rings (SSSR count). The van der Waals surface area contributed by atoms with Crippen molar-refractivity contribution in [1.29, 1.82) is 0 Å². The van der Waals surface area contributed by atoms with E-state index < -0.39 is 10.2 Å². The van der Waals surface area contributed by atoms with Crippen molar-refractivity contribution in [2.45, 2.75) is 32.4 Å². The number of rotatable bonds is 7. The molecule has 8 nitrogen and oxygen atoms in total. The van der Waals surface area contributed by atoms with Crippen LogP contribution in [0.15, 0.2) is 42.6 Å². The predicted molar refractivity (Wildman–Crippen MR) is 125 cm³/mol. The minimum atomic E-state index is -3.53. The van der Waals surface area contributed by atoms with Crippen molar-refractivity contribution >= 4 is 32.5 Å². The maximum Gasteiger partial charge on any atom is 0.301 e. The van der Waals surface area contributed by atoms with E-state index >= 15 is 0 Å². The summed E-state index contributed by atoms with van der Waals surface area (Å²) in [6, 6.07) is 12.6. The molecule has 1 unspecified atom stereocenters. The van der Waals surface area contributed by atoms with E-state index in [4.69, 9.17) is 0 Å². The van der Waals surface area contributed by atoms with Gasteiger partial charge in [-0.3, -0.25) is 14.7 Å². The highest BCUT2D eigenvalue weighted by molar-refractivity contribution is 7.90. The Morgan fingerprint density at radius 3 is 2.87 bits per heavy atom. The topological polar surface area (TPSA) is 93.4 Å². The van der Waals surface area contributed by atoms with Gasteiger partial charge in [-0.2, -0.15) is 17.8 Å². The van der Waals surface area contributed by atoms with Gasteiger partial charge in [0.2, 0.25) is 0 Å². The lowest BCUT2D eigenvalue weighted by Crippen LogP contribution is -2.41. The van der Waals surface area contributed by atoms with E-state index in [1.165, 1.54) is 18.4 Å². The highest BCUT2D eigenvalue weighted by atomic mass is 32.2. The van der Waals surface area contributed by atoms with E-state index in [2.05, 4.69) is 43.3 Å². The van der Waals surface area contributed by atoms with Gasteiger partial charge in [-0.15, -0.1) is 0 Å². The molecule has 166 valence electrons. The zero-order valence-corrected chi connectivity index (χ0v) is 19.0. The highest BCUT2D eigenvalue weighted by Crippen LogP contribution is 2.23. The number of hydrogen-bond donors (Lipinski definition) is 3. The molecular weight excluding hydrogens is 412 g/mol. The minimum absolute atomic E-state index is 0.371. The highest BCUT2D eigenvalue weighted by Gasteiger charge is 2.21. The summed E-state index contributed by atoms with van der Waals surface area (Å²) in [5, 5.41) is 11.8. The smallest absolute Gasteiger partial charge is 0.301 e. The average molecular weight is 443 g/mol. The van der Waals surface area contributed by atoms with Crippen LogP contribution in [0.3, 0.4) is 0 Å². The van der Waals surface area contributed by atoms with Gasteiger partial charge in [0.25, 0.3) is 0 Å². The Kier molecular flexibility index (Phi) is 6.17. The summed E-state index contributed by atoms with van der Waals surface area (Å²) in [6.45, 7) is 4.67. The Labute approximate surface area is 183 Å². The summed E-state index contributed by atoms with van der Waals surface area (Å²) >= 11 is 0. The molecule has 1 aliphatic heterocycles. The Hall–Kier alpha value is -2.62. The van der Waals surface area contributed by atoms with Gasteiger partial charge in [0, 0.05) is 44.3 Å². The summed E-state index contributed by atoms with van der Waals surface area (Å²) in [5.74, 6) is 0. The lowest BCUT2D eigenvalue weighted by molar-refractivity contribution is 0.208. The van der Waals surface area contributed by atoms with Crippen LogP contribution >= 0.6 is 0 Å². The number of fused-ring (bicyclic) bond motifs is 1. The monoisotopic (exact) mass is 442 g/mol. The maximum atomic E-state index is 12.2. The largest absolute Gasteiger partial charge is 0.381 e. The summed E-state index contributed by atoms with van der Waals surface area (Å²) < 4.78 is 28.3. The number of aromatic nitrogens is 2. The first-order valence-electron chi connectivity index (χ1n) is 10.5. The van der Waals surface area contributed by atoms with Crippen LogP contribution in [-0.4, -0.2) is 61.0 Å². The SMILES string of the molecule is Cc1ccc(CN2CCCC(Nc3ccc4[nH]ncc4c3)C2)cc1NS(=O)(=O)N(C)C. The number of aryl methyl sites for hydroxylation is 1. The predicted octanol–water partition coefficient (Wildman–Crippen LogP) is 3.17. The molecule has 1 aromatic heterocycles. The molecule has 0 saturated carbocycles. The Morgan fingerprint density at radius 2 is 2.06 bits per heavy atom. The summed E-state index contributed by atoms with van der Waals surface area (Å²) in [7, 11) is -0.484. The van der Waals surface area contributed by atoms with Crippen molar-refractivity contribution in [2.75, 3.05) is 37.2 Å². The van der Waals surface area contributed by atoms with Crippen molar-refractivity contribution < 1.29 is 8.42 Å². The van der Waals surface area contributed by atoms with E-state index in [0.29, 0.717) is 11.7 Å². The second-order valence-corrected chi connectivity index (χ2v) is 10.3. The third-order valence-electron chi connectivity index (χ3n) is 5.74. The van der Waals surface area contributed by atoms with E-state index in [9.17, 15) is 8.42 Å². The number of nitrogens with one attached hydrogen (secondary N) is 3. The van der Waals surface area contributed by atoms with E-state index in [-0.39, 0.29) is 0 Å². The van der Waals surface area contributed by atoms with Crippen molar-refractivity contribution in [2.24, 2.45) is 0 Å². The molecule has 0 spiro atoms. The molecule has 1 saturated heterocycles. The van der Waals surface area contributed by atoms with E-state index in [0.717, 1.165) is 60.2 Å². The fraction of sp³-hybridized carbons (Fsp3) is 0.409. The van der Waals surface area contributed by atoms with Crippen LogP contribution in [0.4, 0.5) is 11.4 Å². The Bertz CT molecular complexity index is 1160. The van der Waals surface area contributed by atoms with Crippen molar-refractivity contribution in [1.82, 2.24) is 19.4 Å². The maximum absolute atomic E-state index is 12.2. The first-order chi connectivity index (χ1) is 14.8. The van der Waals surface area contributed by atoms with Gasteiger partial charge < -0.3 is 5.32 Å². The van der Waals surface area contributed by atoms with E-state index in [1.54, 1.807) is 0 Å². The summed E-state index contributed by atoms with van der Waals surface area (Å²) in [4.78, 5) is 2.42.